The fraction of sp³-hybridized carbons (Fsp3) is 0.250. The fourth-order valence-electron chi connectivity index (χ4n) is 2.61. The molecular weight excluding hydrogens is 250 g/mol. The first-order chi connectivity index (χ1) is 9.70. The topological polar surface area (TPSA) is 57.8 Å². The Kier molecular flexibility index (Phi) is 3.13. The lowest BCUT2D eigenvalue weighted by molar-refractivity contribution is 0.612. The number of aryl methyl sites for hydroxylation is 1. The predicted molar refractivity (Wildman–Crippen MR) is 76.9 cm³/mol. The van der Waals surface area contributed by atoms with Crippen LogP contribution in [0.3, 0.4) is 0 Å². The average molecular weight is 265 g/mol. The zero-order chi connectivity index (χ0) is 14.1. The van der Waals surface area contributed by atoms with Gasteiger partial charge in [-0.25, -0.2) is 0 Å². The molecule has 0 radical (unpaired) electrons. The van der Waals surface area contributed by atoms with Gasteiger partial charge in [0, 0.05) is 30.9 Å². The molecule has 1 aliphatic heterocycles. The van der Waals surface area contributed by atoms with Gasteiger partial charge in [0.1, 0.15) is 11.6 Å². The number of aromatic nitrogens is 1. The highest BCUT2D eigenvalue weighted by Crippen LogP contribution is 2.18. The first kappa shape index (κ1) is 12.6. The highest BCUT2D eigenvalue weighted by molar-refractivity contribution is 5.43. The summed E-state index contributed by atoms with van der Waals surface area (Å²) in [7, 11) is 0. The Balaban J connectivity index is 2.30. The summed E-state index contributed by atoms with van der Waals surface area (Å²) in [6.07, 6.45) is 0.796. The molecule has 0 fully saturated rings. The predicted octanol–water partition coefficient (Wildman–Crippen LogP) is 1.66. The average Bonchev–Trinajstić information content (AvgIpc) is 2.48. The fourth-order valence-corrected chi connectivity index (χ4v) is 2.61. The van der Waals surface area contributed by atoms with Crippen molar-refractivity contribution in [2.24, 2.45) is 0 Å². The molecule has 100 valence electrons. The number of pyridine rings is 1. The van der Waals surface area contributed by atoms with Crippen molar-refractivity contribution < 1.29 is 0 Å². The molecule has 0 atom stereocenters. The molecule has 1 aromatic heterocycles. The SMILES string of the molecule is Cc1ccc(-n2c3c(cc(C#N)c2=O)CNCC3)cc1. The summed E-state index contributed by atoms with van der Waals surface area (Å²) in [5.74, 6) is 0. The third kappa shape index (κ3) is 2.02. The van der Waals surface area contributed by atoms with Crippen molar-refractivity contribution in [3.8, 4) is 11.8 Å². The number of hydrogen-bond donors (Lipinski definition) is 1. The maximum absolute atomic E-state index is 12.5. The second-order valence-electron chi connectivity index (χ2n) is 5.04. The summed E-state index contributed by atoms with van der Waals surface area (Å²) in [4.78, 5) is 12.5. The maximum atomic E-state index is 12.5. The van der Waals surface area contributed by atoms with Crippen LogP contribution in [0.25, 0.3) is 5.69 Å². The van der Waals surface area contributed by atoms with Crippen LogP contribution in [0, 0.1) is 18.3 Å². The van der Waals surface area contributed by atoms with E-state index in [0.717, 1.165) is 35.5 Å². The molecule has 0 unspecified atom stereocenters. The molecule has 1 aromatic carbocycles. The summed E-state index contributed by atoms with van der Waals surface area (Å²) in [6, 6.07) is 11.5. The summed E-state index contributed by atoms with van der Waals surface area (Å²) in [5, 5.41) is 12.4. The number of nitriles is 1. The van der Waals surface area contributed by atoms with Gasteiger partial charge in [-0.05, 0) is 30.7 Å². The molecule has 1 N–H and O–H groups in total. The van der Waals surface area contributed by atoms with E-state index in [2.05, 4.69) is 5.32 Å². The molecule has 2 aromatic rings. The number of rotatable bonds is 1. The lowest BCUT2D eigenvalue weighted by atomic mass is 10.0. The smallest absolute Gasteiger partial charge is 0.273 e. The zero-order valence-electron chi connectivity index (χ0n) is 11.3. The summed E-state index contributed by atoms with van der Waals surface area (Å²) >= 11 is 0. The highest BCUT2D eigenvalue weighted by Gasteiger charge is 2.18. The van der Waals surface area contributed by atoms with Gasteiger partial charge in [-0.2, -0.15) is 5.26 Å². The number of fused-ring (bicyclic) bond motifs is 1. The normalized spacial score (nSPS) is 13.6. The van der Waals surface area contributed by atoms with Crippen molar-refractivity contribution >= 4 is 0 Å². The Morgan fingerprint density at radius 2 is 2.05 bits per heavy atom. The number of nitrogens with one attached hydrogen (secondary N) is 1. The van der Waals surface area contributed by atoms with Crippen LogP contribution in [0.1, 0.15) is 22.4 Å². The lowest BCUT2D eigenvalue weighted by Crippen LogP contribution is -2.33. The Morgan fingerprint density at radius 1 is 1.30 bits per heavy atom. The van der Waals surface area contributed by atoms with Crippen molar-refractivity contribution in [1.82, 2.24) is 9.88 Å². The molecule has 0 amide bonds. The Bertz CT molecular complexity index is 751. The van der Waals surface area contributed by atoms with Gasteiger partial charge in [0.15, 0.2) is 0 Å². The molecule has 3 rings (SSSR count). The van der Waals surface area contributed by atoms with Crippen molar-refractivity contribution in [3.05, 3.63) is 63.1 Å². The summed E-state index contributed by atoms with van der Waals surface area (Å²) < 4.78 is 1.69. The van der Waals surface area contributed by atoms with E-state index in [-0.39, 0.29) is 11.1 Å². The third-order valence-corrected chi connectivity index (χ3v) is 3.66. The standard InChI is InChI=1S/C16H15N3O/c1-11-2-4-14(5-3-11)19-15-6-7-18-10-13(15)8-12(9-17)16(19)20/h2-5,8,18H,6-7,10H2,1H3. The number of hydrogen-bond acceptors (Lipinski definition) is 3. The van der Waals surface area contributed by atoms with Crippen LogP contribution in [0.5, 0.6) is 0 Å². The molecule has 20 heavy (non-hydrogen) atoms. The molecule has 0 saturated carbocycles. The maximum Gasteiger partial charge on any atom is 0.273 e. The van der Waals surface area contributed by atoms with Crippen LogP contribution in [0.15, 0.2) is 35.1 Å². The molecule has 4 nitrogen and oxygen atoms in total. The van der Waals surface area contributed by atoms with Crippen molar-refractivity contribution in [3.63, 3.8) is 0 Å². The Labute approximate surface area is 117 Å². The van der Waals surface area contributed by atoms with Gasteiger partial charge in [0.2, 0.25) is 0 Å². The van der Waals surface area contributed by atoms with E-state index in [1.165, 1.54) is 0 Å². The monoisotopic (exact) mass is 265 g/mol. The van der Waals surface area contributed by atoms with E-state index in [1.54, 1.807) is 10.6 Å². The van der Waals surface area contributed by atoms with E-state index in [9.17, 15) is 4.79 Å². The van der Waals surface area contributed by atoms with Crippen molar-refractivity contribution in [2.45, 2.75) is 19.9 Å². The number of benzene rings is 1. The van der Waals surface area contributed by atoms with Crippen molar-refractivity contribution in [2.75, 3.05) is 6.54 Å². The summed E-state index contributed by atoms with van der Waals surface area (Å²) in [5.41, 5.74) is 4.00. The van der Waals surface area contributed by atoms with E-state index in [1.807, 2.05) is 37.3 Å². The van der Waals surface area contributed by atoms with Crippen molar-refractivity contribution in [1.29, 1.82) is 5.26 Å². The first-order valence-corrected chi connectivity index (χ1v) is 6.66. The highest BCUT2D eigenvalue weighted by atomic mass is 16.1. The van der Waals surface area contributed by atoms with Crippen LogP contribution in [0.2, 0.25) is 0 Å². The van der Waals surface area contributed by atoms with Gasteiger partial charge < -0.3 is 5.32 Å². The van der Waals surface area contributed by atoms with E-state index in [4.69, 9.17) is 5.26 Å². The first-order valence-electron chi connectivity index (χ1n) is 6.66. The quantitative estimate of drug-likeness (QED) is 0.853. The van der Waals surface area contributed by atoms with Crippen LogP contribution >= 0.6 is 0 Å². The van der Waals surface area contributed by atoms with Gasteiger partial charge in [0.25, 0.3) is 5.56 Å². The van der Waals surface area contributed by atoms with E-state index < -0.39 is 0 Å². The third-order valence-electron chi connectivity index (χ3n) is 3.66. The molecule has 0 bridgehead atoms. The van der Waals surface area contributed by atoms with E-state index in [0.29, 0.717) is 6.54 Å². The molecule has 0 aliphatic carbocycles. The van der Waals surface area contributed by atoms with E-state index >= 15 is 0 Å². The molecule has 2 heterocycles. The largest absolute Gasteiger partial charge is 0.312 e. The Hall–Kier alpha value is -2.38. The molecule has 0 spiro atoms. The van der Waals surface area contributed by atoms with Gasteiger partial charge >= 0.3 is 0 Å². The molecule has 1 aliphatic rings. The van der Waals surface area contributed by atoms with Crippen LogP contribution in [-0.2, 0) is 13.0 Å². The second kappa shape index (κ2) is 4.95. The molecule has 0 saturated heterocycles. The minimum Gasteiger partial charge on any atom is -0.312 e. The molecule has 4 heteroatoms. The lowest BCUT2D eigenvalue weighted by Gasteiger charge is -2.22. The minimum atomic E-state index is -0.225. The zero-order valence-corrected chi connectivity index (χ0v) is 11.3. The van der Waals surface area contributed by atoms with Gasteiger partial charge in [0.05, 0.1) is 0 Å². The van der Waals surface area contributed by atoms with Gasteiger partial charge in [-0.1, -0.05) is 17.7 Å². The second-order valence-corrected chi connectivity index (χ2v) is 5.04. The van der Waals surface area contributed by atoms with Gasteiger partial charge in [-0.3, -0.25) is 9.36 Å². The van der Waals surface area contributed by atoms with Crippen LogP contribution < -0.4 is 10.9 Å². The Morgan fingerprint density at radius 3 is 2.75 bits per heavy atom. The molecular formula is C16H15N3O. The minimum absolute atomic E-state index is 0.202. The van der Waals surface area contributed by atoms with Crippen LogP contribution in [0.4, 0.5) is 0 Å². The summed E-state index contributed by atoms with van der Waals surface area (Å²) in [6.45, 7) is 3.57. The number of nitrogens with zero attached hydrogens (tertiary/aromatic N) is 2. The van der Waals surface area contributed by atoms with Gasteiger partial charge in [-0.15, -0.1) is 0 Å². The van der Waals surface area contributed by atoms with Crippen LogP contribution in [-0.4, -0.2) is 11.1 Å².